The molecule has 130 valence electrons. The van der Waals surface area contributed by atoms with Crippen molar-refractivity contribution in [3.05, 3.63) is 30.1 Å². The molecule has 2 unspecified atom stereocenters. The van der Waals surface area contributed by atoms with Gasteiger partial charge in [-0.2, -0.15) is 0 Å². The van der Waals surface area contributed by atoms with E-state index in [-0.39, 0.29) is 29.2 Å². The average Bonchev–Trinajstić information content (AvgIpc) is 2.88. The quantitative estimate of drug-likeness (QED) is 0.759. The number of pyridine rings is 1. The summed E-state index contributed by atoms with van der Waals surface area (Å²) in [6, 6.07) is 2.30. The van der Waals surface area contributed by atoms with Crippen LogP contribution in [-0.2, 0) is 14.6 Å². The van der Waals surface area contributed by atoms with Gasteiger partial charge < -0.3 is 9.80 Å². The number of fused-ring (bicyclic) bond motifs is 1. The van der Waals surface area contributed by atoms with Gasteiger partial charge in [-0.15, -0.1) is 0 Å². The number of carbonyl (C=O) groups excluding carboxylic acids is 2. The summed E-state index contributed by atoms with van der Waals surface area (Å²) in [6.45, 7) is 4.31. The van der Waals surface area contributed by atoms with Crippen molar-refractivity contribution in [2.45, 2.75) is 25.9 Å². The van der Waals surface area contributed by atoms with Gasteiger partial charge in [0.1, 0.15) is 0 Å². The van der Waals surface area contributed by atoms with Crippen molar-refractivity contribution < 1.29 is 18.0 Å². The summed E-state index contributed by atoms with van der Waals surface area (Å²) >= 11 is 0. The zero-order chi connectivity index (χ0) is 17.5. The second kappa shape index (κ2) is 6.16. The van der Waals surface area contributed by atoms with Crippen molar-refractivity contribution in [1.29, 1.82) is 0 Å². The first-order valence-electron chi connectivity index (χ1n) is 8.02. The van der Waals surface area contributed by atoms with Crippen LogP contribution in [0.4, 0.5) is 0 Å². The van der Waals surface area contributed by atoms with Gasteiger partial charge in [-0.25, -0.2) is 8.42 Å². The van der Waals surface area contributed by atoms with Crippen molar-refractivity contribution in [2.24, 2.45) is 5.92 Å². The molecule has 0 saturated carbocycles. The Labute approximate surface area is 141 Å². The Morgan fingerprint density at radius 1 is 1.08 bits per heavy atom. The molecule has 2 saturated heterocycles. The van der Waals surface area contributed by atoms with E-state index in [0.29, 0.717) is 18.7 Å². The molecule has 2 aliphatic heterocycles. The first kappa shape index (κ1) is 16.9. The number of piperazine rings is 1. The Balaban J connectivity index is 1.90. The van der Waals surface area contributed by atoms with E-state index < -0.39 is 21.9 Å². The fraction of sp³-hybridized carbons (Fsp3) is 0.562. The third kappa shape index (κ3) is 3.02. The number of hydrogen-bond acceptors (Lipinski definition) is 5. The molecule has 2 aliphatic rings. The zero-order valence-corrected chi connectivity index (χ0v) is 14.6. The van der Waals surface area contributed by atoms with E-state index in [0.717, 1.165) is 0 Å². The first-order valence-corrected chi connectivity index (χ1v) is 9.84. The summed E-state index contributed by atoms with van der Waals surface area (Å²) in [5.41, 5.74) is 0.483. The maximum absolute atomic E-state index is 12.8. The van der Waals surface area contributed by atoms with E-state index in [1.807, 2.05) is 0 Å². The maximum atomic E-state index is 12.8. The standard InChI is InChI=1S/C16H21N3O4S/c1-11(2)15(20)18-7-8-19(14-10-24(22,23)9-13(14)18)16(21)12-3-5-17-6-4-12/h3-6,11,13-14H,7-10H2,1-2H3. The normalized spacial score (nSPS) is 25.6. The Hall–Kier alpha value is -1.96. The van der Waals surface area contributed by atoms with Gasteiger partial charge in [-0.1, -0.05) is 13.8 Å². The first-order chi connectivity index (χ1) is 11.3. The molecule has 0 aliphatic carbocycles. The Morgan fingerprint density at radius 2 is 1.62 bits per heavy atom. The van der Waals surface area contributed by atoms with Gasteiger partial charge in [0.15, 0.2) is 9.84 Å². The minimum atomic E-state index is -3.27. The van der Waals surface area contributed by atoms with Crippen molar-refractivity contribution in [3.63, 3.8) is 0 Å². The predicted molar refractivity (Wildman–Crippen MR) is 88.1 cm³/mol. The smallest absolute Gasteiger partial charge is 0.254 e. The van der Waals surface area contributed by atoms with Gasteiger partial charge in [0.05, 0.1) is 23.6 Å². The summed E-state index contributed by atoms with van der Waals surface area (Å²) < 4.78 is 24.3. The fourth-order valence-corrected chi connectivity index (χ4v) is 5.45. The lowest BCUT2D eigenvalue weighted by Gasteiger charge is -2.44. The largest absolute Gasteiger partial charge is 0.335 e. The van der Waals surface area contributed by atoms with Gasteiger partial charge in [-0.05, 0) is 12.1 Å². The highest BCUT2D eigenvalue weighted by Crippen LogP contribution is 2.29. The lowest BCUT2D eigenvalue weighted by molar-refractivity contribution is -0.139. The van der Waals surface area contributed by atoms with Gasteiger partial charge in [0.2, 0.25) is 5.91 Å². The van der Waals surface area contributed by atoms with Crippen molar-refractivity contribution in [1.82, 2.24) is 14.8 Å². The maximum Gasteiger partial charge on any atom is 0.254 e. The molecule has 1 aromatic rings. The Morgan fingerprint density at radius 3 is 2.21 bits per heavy atom. The zero-order valence-electron chi connectivity index (χ0n) is 13.8. The number of hydrogen-bond donors (Lipinski definition) is 0. The van der Waals surface area contributed by atoms with Crippen LogP contribution in [0.2, 0.25) is 0 Å². The molecule has 2 amide bonds. The van der Waals surface area contributed by atoms with Crippen LogP contribution < -0.4 is 0 Å². The second-order valence-corrected chi connectivity index (χ2v) is 8.79. The summed E-state index contributed by atoms with van der Waals surface area (Å²) in [7, 11) is -3.27. The molecule has 7 nitrogen and oxygen atoms in total. The lowest BCUT2D eigenvalue weighted by Crippen LogP contribution is -2.62. The number of carbonyl (C=O) groups is 2. The topological polar surface area (TPSA) is 87.7 Å². The summed E-state index contributed by atoms with van der Waals surface area (Å²) in [5.74, 6) is -0.622. The SMILES string of the molecule is CC(C)C(=O)N1CCN(C(=O)c2ccncc2)C2CS(=O)(=O)CC21. The molecule has 1 aromatic heterocycles. The van der Waals surface area contributed by atoms with Crippen LogP contribution in [0.15, 0.2) is 24.5 Å². The van der Waals surface area contributed by atoms with Crippen LogP contribution in [0.25, 0.3) is 0 Å². The van der Waals surface area contributed by atoms with Crippen molar-refractivity contribution in [2.75, 3.05) is 24.6 Å². The number of rotatable bonds is 2. The predicted octanol–water partition coefficient (Wildman–Crippen LogP) is 0.188. The van der Waals surface area contributed by atoms with Crippen LogP contribution in [-0.4, -0.2) is 71.7 Å². The molecule has 8 heteroatoms. The Kier molecular flexibility index (Phi) is 4.33. The van der Waals surface area contributed by atoms with Crippen LogP contribution in [0.1, 0.15) is 24.2 Å². The van der Waals surface area contributed by atoms with Crippen molar-refractivity contribution in [3.8, 4) is 0 Å². The van der Waals surface area contributed by atoms with E-state index in [1.165, 1.54) is 12.4 Å². The van der Waals surface area contributed by atoms with Crippen LogP contribution >= 0.6 is 0 Å². The highest BCUT2D eigenvalue weighted by molar-refractivity contribution is 7.91. The van der Waals surface area contributed by atoms with Crippen LogP contribution in [0.3, 0.4) is 0 Å². The fourth-order valence-electron chi connectivity index (χ4n) is 3.47. The Bertz CT molecular complexity index is 748. The summed E-state index contributed by atoms with van der Waals surface area (Å²) in [6.07, 6.45) is 3.07. The van der Waals surface area contributed by atoms with Gasteiger partial charge in [0, 0.05) is 37.0 Å². The van der Waals surface area contributed by atoms with Gasteiger partial charge >= 0.3 is 0 Å². The van der Waals surface area contributed by atoms with Crippen LogP contribution in [0, 0.1) is 5.92 Å². The van der Waals surface area contributed by atoms with E-state index in [1.54, 1.807) is 35.8 Å². The van der Waals surface area contributed by atoms with E-state index in [9.17, 15) is 18.0 Å². The average molecular weight is 351 g/mol. The molecular weight excluding hydrogens is 330 g/mol. The minimum Gasteiger partial charge on any atom is -0.335 e. The molecule has 3 rings (SSSR count). The lowest BCUT2D eigenvalue weighted by atomic mass is 10.0. The molecule has 24 heavy (non-hydrogen) atoms. The molecule has 0 radical (unpaired) electrons. The highest BCUT2D eigenvalue weighted by atomic mass is 32.2. The summed E-state index contributed by atoms with van der Waals surface area (Å²) in [5, 5.41) is 0. The highest BCUT2D eigenvalue weighted by Gasteiger charge is 2.49. The van der Waals surface area contributed by atoms with Gasteiger partial charge in [-0.3, -0.25) is 14.6 Å². The minimum absolute atomic E-state index is 0.0573. The molecule has 0 N–H and O–H groups in total. The number of nitrogens with zero attached hydrogens (tertiary/aromatic N) is 3. The molecule has 0 aromatic carbocycles. The third-order valence-corrected chi connectivity index (χ3v) is 6.34. The monoisotopic (exact) mass is 351 g/mol. The molecule has 3 heterocycles. The number of aromatic nitrogens is 1. The number of amides is 2. The van der Waals surface area contributed by atoms with E-state index in [4.69, 9.17) is 0 Å². The van der Waals surface area contributed by atoms with E-state index in [2.05, 4.69) is 4.98 Å². The van der Waals surface area contributed by atoms with Crippen molar-refractivity contribution >= 4 is 21.7 Å². The van der Waals surface area contributed by atoms with Crippen LogP contribution in [0.5, 0.6) is 0 Å². The van der Waals surface area contributed by atoms with Gasteiger partial charge in [0.25, 0.3) is 5.91 Å². The second-order valence-electron chi connectivity index (χ2n) is 6.63. The molecule has 0 spiro atoms. The number of sulfone groups is 1. The third-order valence-electron chi connectivity index (χ3n) is 4.64. The molecular formula is C16H21N3O4S. The molecule has 0 bridgehead atoms. The molecule has 2 fully saturated rings. The molecule has 2 atom stereocenters. The summed E-state index contributed by atoms with van der Waals surface area (Å²) in [4.78, 5) is 32.3. The van der Waals surface area contributed by atoms with E-state index >= 15 is 0 Å².